The predicted octanol–water partition coefficient (Wildman–Crippen LogP) is -2.55. The van der Waals surface area contributed by atoms with Gasteiger partial charge in [0.2, 0.25) is 17.7 Å². The largest absolute Gasteiger partial charge is 0.480 e. The van der Waals surface area contributed by atoms with Gasteiger partial charge in [-0.3, -0.25) is 19.4 Å². The van der Waals surface area contributed by atoms with Gasteiger partial charge >= 0.3 is 5.97 Å². The second-order valence-electron chi connectivity index (χ2n) is 8.20. The third-order valence-electron chi connectivity index (χ3n) is 5.72. The lowest BCUT2D eigenvalue weighted by molar-refractivity contribution is -0.150. The molecule has 1 heterocycles. The van der Waals surface area contributed by atoms with Crippen LogP contribution in [0.5, 0.6) is 0 Å². The van der Waals surface area contributed by atoms with Crippen molar-refractivity contribution in [3.63, 3.8) is 0 Å². The molecule has 0 aromatic rings. The number of nitrogens with two attached hydrogens (primary N) is 3. The maximum Gasteiger partial charge on any atom is 0.326 e. The van der Waals surface area contributed by atoms with Gasteiger partial charge in [-0.1, -0.05) is 20.3 Å². The number of nitrogens with one attached hydrogen (secondary N) is 2. The van der Waals surface area contributed by atoms with Gasteiger partial charge in [0.25, 0.3) is 0 Å². The van der Waals surface area contributed by atoms with Gasteiger partial charge in [-0.25, -0.2) is 4.79 Å². The molecule has 0 aliphatic carbocycles. The third kappa shape index (κ3) is 8.50. The van der Waals surface area contributed by atoms with Crippen molar-refractivity contribution in [2.24, 2.45) is 28.1 Å². The molecule has 33 heavy (non-hydrogen) atoms. The van der Waals surface area contributed by atoms with E-state index in [0.717, 1.165) is 4.90 Å². The number of likely N-dealkylation sites (tertiary alicyclic amines) is 1. The number of aliphatic hydroxyl groups is 1. The third-order valence-corrected chi connectivity index (χ3v) is 5.72. The summed E-state index contributed by atoms with van der Waals surface area (Å²) < 4.78 is 0. The van der Waals surface area contributed by atoms with Crippen LogP contribution in [0, 0.1) is 5.92 Å². The molecule has 10 N–H and O–H groups in total. The fraction of sp³-hybridized carbons (Fsp3) is 0.750. The fourth-order valence-electron chi connectivity index (χ4n) is 3.55. The number of aliphatic imine (C=N–C) groups is 1. The summed E-state index contributed by atoms with van der Waals surface area (Å²) in [5.41, 5.74) is 16.4. The van der Waals surface area contributed by atoms with Crippen LogP contribution in [-0.2, 0) is 19.2 Å². The van der Waals surface area contributed by atoms with Crippen molar-refractivity contribution in [2.75, 3.05) is 19.7 Å². The van der Waals surface area contributed by atoms with Crippen molar-refractivity contribution in [1.82, 2.24) is 15.5 Å². The maximum atomic E-state index is 12.9. The number of carboxylic acid groups (broad SMARTS) is 1. The van der Waals surface area contributed by atoms with Crippen LogP contribution in [0.25, 0.3) is 0 Å². The molecule has 1 fully saturated rings. The van der Waals surface area contributed by atoms with E-state index in [2.05, 4.69) is 15.6 Å². The lowest BCUT2D eigenvalue weighted by atomic mass is 9.97. The van der Waals surface area contributed by atoms with Crippen LogP contribution in [0.2, 0.25) is 0 Å². The molecule has 0 radical (unpaired) electrons. The smallest absolute Gasteiger partial charge is 0.326 e. The number of nitrogens with zero attached hydrogens (tertiary/aromatic N) is 2. The van der Waals surface area contributed by atoms with E-state index in [0.29, 0.717) is 38.6 Å². The summed E-state index contributed by atoms with van der Waals surface area (Å²) >= 11 is 0. The zero-order valence-electron chi connectivity index (χ0n) is 19.2. The highest BCUT2D eigenvalue weighted by Crippen LogP contribution is 2.19. The van der Waals surface area contributed by atoms with Crippen LogP contribution < -0.4 is 27.8 Å². The Morgan fingerprint density at radius 1 is 1.18 bits per heavy atom. The molecular formula is C20H37N7O6. The Bertz CT molecular complexity index is 728. The van der Waals surface area contributed by atoms with E-state index in [1.165, 1.54) is 0 Å². The predicted molar refractivity (Wildman–Crippen MR) is 121 cm³/mol. The Morgan fingerprint density at radius 3 is 2.39 bits per heavy atom. The average molecular weight is 472 g/mol. The molecule has 0 spiro atoms. The first-order chi connectivity index (χ1) is 15.5. The average Bonchev–Trinajstić information content (AvgIpc) is 3.27. The second-order valence-corrected chi connectivity index (χ2v) is 8.20. The van der Waals surface area contributed by atoms with Gasteiger partial charge in [-0.15, -0.1) is 0 Å². The normalized spacial score (nSPS) is 19.2. The summed E-state index contributed by atoms with van der Waals surface area (Å²) in [7, 11) is 0. The molecule has 0 aromatic carbocycles. The lowest BCUT2D eigenvalue weighted by Gasteiger charge is -2.29. The van der Waals surface area contributed by atoms with Crippen molar-refractivity contribution in [3.8, 4) is 0 Å². The monoisotopic (exact) mass is 471 g/mol. The molecule has 1 aliphatic heterocycles. The van der Waals surface area contributed by atoms with Crippen LogP contribution in [0.15, 0.2) is 4.99 Å². The van der Waals surface area contributed by atoms with Crippen molar-refractivity contribution in [2.45, 2.75) is 70.1 Å². The molecular weight excluding hydrogens is 434 g/mol. The van der Waals surface area contributed by atoms with Crippen LogP contribution >= 0.6 is 0 Å². The first-order valence-corrected chi connectivity index (χ1v) is 11.1. The fourth-order valence-corrected chi connectivity index (χ4v) is 3.55. The van der Waals surface area contributed by atoms with Gasteiger partial charge in [0, 0.05) is 13.1 Å². The maximum absolute atomic E-state index is 12.9. The first kappa shape index (κ1) is 28.1. The van der Waals surface area contributed by atoms with Crippen molar-refractivity contribution >= 4 is 29.7 Å². The lowest BCUT2D eigenvalue weighted by Crippen LogP contribution is -2.59. The molecule has 188 valence electrons. The number of aliphatic carboxylic acids is 1. The topological polar surface area (TPSA) is 226 Å². The summed E-state index contributed by atoms with van der Waals surface area (Å²) in [5.74, 6) is -3.38. The van der Waals surface area contributed by atoms with Crippen molar-refractivity contribution in [1.29, 1.82) is 0 Å². The minimum Gasteiger partial charge on any atom is -0.480 e. The minimum atomic E-state index is -1.32. The number of aliphatic hydroxyl groups excluding tert-OH is 1. The van der Waals surface area contributed by atoms with E-state index in [1.807, 2.05) is 6.92 Å². The van der Waals surface area contributed by atoms with Crippen LogP contribution in [-0.4, -0.2) is 88.6 Å². The number of rotatable bonds is 13. The molecule has 1 rings (SSSR count). The number of hydrogen-bond donors (Lipinski definition) is 7. The quantitative estimate of drug-likeness (QED) is 0.0850. The van der Waals surface area contributed by atoms with E-state index < -0.39 is 54.5 Å². The summed E-state index contributed by atoms with van der Waals surface area (Å²) in [6.07, 6.45) is 2.12. The summed E-state index contributed by atoms with van der Waals surface area (Å²) in [6, 6.07) is -4.21. The van der Waals surface area contributed by atoms with Crippen LogP contribution in [0.3, 0.4) is 0 Å². The Balaban J connectivity index is 2.81. The number of carboxylic acids is 1. The van der Waals surface area contributed by atoms with Gasteiger partial charge in [-0.05, 0) is 31.6 Å². The molecule has 0 bridgehead atoms. The number of hydrogen-bond acceptors (Lipinski definition) is 7. The number of carbonyl (C=O) groups excluding carboxylic acids is 3. The number of amides is 3. The van der Waals surface area contributed by atoms with Crippen molar-refractivity contribution < 1.29 is 29.4 Å². The van der Waals surface area contributed by atoms with E-state index in [4.69, 9.17) is 17.2 Å². The van der Waals surface area contributed by atoms with Crippen LogP contribution in [0.4, 0.5) is 0 Å². The standard InChI is InChI=1S/C20H37N7O6/c1-3-11(2)15(26-16(29)12(21)6-4-8-24-20(22)23)17(30)25-13(10-28)18(31)27-9-5-7-14(27)19(32)33/h11-15,28H,3-10,21H2,1-2H3,(H,25,30)(H,26,29)(H,32,33)(H4,22,23,24). The SMILES string of the molecule is CCC(C)C(NC(=O)C(N)CCCN=C(N)N)C(=O)NC(CO)C(=O)N1CCCC1C(=O)O. The summed E-state index contributed by atoms with van der Waals surface area (Å²) in [4.78, 5) is 54.6. The highest BCUT2D eigenvalue weighted by Gasteiger charge is 2.38. The molecule has 13 nitrogen and oxygen atoms in total. The Morgan fingerprint density at radius 2 is 1.85 bits per heavy atom. The molecule has 5 atom stereocenters. The van der Waals surface area contributed by atoms with Crippen molar-refractivity contribution in [3.05, 3.63) is 0 Å². The Labute approximate surface area is 193 Å². The Kier molecular flexibility index (Phi) is 11.6. The zero-order chi connectivity index (χ0) is 25.1. The van der Waals surface area contributed by atoms with E-state index in [-0.39, 0.29) is 18.4 Å². The molecule has 0 saturated carbocycles. The molecule has 1 aliphatic rings. The van der Waals surface area contributed by atoms with E-state index in [9.17, 15) is 29.4 Å². The summed E-state index contributed by atoms with van der Waals surface area (Å²) in [6.45, 7) is 3.42. The second kappa shape index (κ2) is 13.6. The van der Waals surface area contributed by atoms with Gasteiger partial charge in [-0.2, -0.15) is 0 Å². The number of guanidine groups is 1. The van der Waals surface area contributed by atoms with E-state index in [1.54, 1.807) is 6.92 Å². The van der Waals surface area contributed by atoms with Gasteiger partial charge in [0.05, 0.1) is 12.6 Å². The van der Waals surface area contributed by atoms with Crippen LogP contribution in [0.1, 0.15) is 46.0 Å². The molecule has 13 heteroatoms. The molecule has 0 aromatic heterocycles. The van der Waals surface area contributed by atoms with Gasteiger partial charge in [0.15, 0.2) is 5.96 Å². The Hall–Kier alpha value is -2.93. The van der Waals surface area contributed by atoms with Gasteiger partial charge in [0.1, 0.15) is 18.1 Å². The highest BCUT2D eigenvalue weighted by atomic mass is 16.4. The molecule has 5 unspecified atom stereocenters. The number of carbonyl (C=O) groups is 4. The minimum absolute atomic E-state index is 0.0573. The first-order valence-electron chi connectivity index (χ1n) is 11.1. The molecule has 1 saturated heterocycles. The van der Waals surface area contributed by atoms with Gasteiger partial charge < -0.3 is 42.9 Å². The summed E-state index contributed by atoms with van der Waals surface area (Å²) in [5, 5.41) is 24.1. The zero-order valence-corrected chi connectivity index (χ0v) is 19.2. The highest BCUT2D eigenvalue weighted by molar-refractivity contribution is 5.94. The molecule has 3 amide bonds. The van der Waals surface area contributed by atoms with E-state index >= 15 is 0 Å².